The normalized spacial score (nSPS) is 18.8. The van der Waals surface area contributed by atoms with Gasteiger partial charge in [-0.25, -0.2) is 0 Å². The number of aromatic nitrogens is 2. The number of H-pyrrole nitrogens is 1. The van der Waals surface area contributed by atoms with E-state index in [2.05, 4.69) is 10.1 Å². The Bertz CT molecular complexity index is 774. The number of ketones is 1. The molecule has 1 amide bonds. The number of rotatable bonds is 5. The van der Waals surface area contributed by atoms with Gasteiger partial charge in [0.1, 0.15) is 11.7 Å². The molecule has 2 aromatic heterocycles. The maximum Gasteiger partial charge on any atom is 0.234 e. The van der Waals surface area contributed by atoms with Gasteiger partial charge in [0, 0.05) is 30.1 Å². The van der Waals surface area contributed by atoms with Crippen LogP contribution in [0.25, 0.3) is 0 Å². The van der Waals surface area contributed by atoms with Crippen LogP contribution in [-0.4, -0.2) is 33.3 Å². The zero-order valence-corrected chi connectivity index (χ0v) is 15.2. The average Bonchev–Trinajstić information content (AvgIpc) is 3.26. The number of likely N-dealkylation sites (tertiary alicyclic amines) is 1. The molecule has 0 bridgehead atoms. The summed E-state index contributed by atoms with van der Waals surface area (Å²) in [5.74, 6) is 0.476. The molecule has 1 saturated heterocycles. The minimum Gasteiger partial charge on any atom is -0.363 e. The molecule has 0 aromatic carbocycles. The Hall–Kier alpha value is -2.37. The monoisotopic (exact) mass is 343 g/mol. The van der Waals surface area contributed by atoms with Gasteiger partial charge in [-0.2, -0.15) is 0 Å². The third-order valence-corrected chi connectivity index (χ3v) is 4.89. The number of hydrogen-bond acceptors (Lipinski definition) is 4. The van der Waals surface area contributed by atoms with Crippen LogP contribution in [0.5, 0.6) is 0 Å². The van der Waals surface area contributed by atoms with Crippen molar-refractivity contribution in [2.24, 2.45) is 5.92 Å². The van der Waals surface area contributed by atoms with Gasteiger partial charge in [0.15, 0.2) is 5.78 Å². The summed E-state index contributed by atoms with van der Waals surface area (Å²) in [5, 5.41) is 3.94. The number of carbonyl (C=O) groups is 2. The van der Waals surface area contributed by atoms with Gasteiger partial charge in [-0.05, 0) is 38.7 Å². The number of hydrogen-bond donors (Lipinski definition) is 1. The first kappa shape index (κ1) is 17.5. The van der Waals surface area contributed by atoms with Crippen LogP contribution in [-0.2, 0) is 4.79 Å². The Kier molecular flexibility index (Phi) is 4.79. The van der Waals surface area contributed by atoms with Crippen LogP contribution in [0.2, 0.25) is 0 Å². The fourth-order valence-corrected chi connectivity index (χ4v) is 3.61. The second kappa shape index (κ2) is 6.86. The lowest BCUT2D eigenvalue weighted by Gasteiger charge is -2.29. The second-order valence-electron chi connectivity index (χ2n) is 7.18. The highest BCUT2D eigenvalue weighted by Crippen LogP contribution is 2.36. The van der Waals surface area contributed by atoms with Crippen molar-refractivity contribution in [2.45, 2.75) is 52.5 Å². The van der Waals surface area contributed by atoms with Crippen molar-refractivity contribution in [3.8, 4) is 0 Å². The number of Topliss-reactive ketones (excluding diaryl/α,β-unsaturated/α-hetero) is 1. The molecule has 1 N–H and O–H groups in total. The molecule has 0 radical (unpaired) electrons. The van der Waals surface area contributed by atoms with E-state index in [0.29, 0.717) is 17.9 Å². The molecule has 1 fully saturated rings. The number of nitrogens with zero attached hydrogens (tertiary/aromatic N) is 2. The van der Waals surface area contributed by atoms with Gasteiger partial charge in [0.2, 0.25) is 5.91 Å². The van der Waals surface area contributed by atoms with Crippen LogP contribution in [0.3, 0.4) is 0 Å². The lowest BCUT2D eigenvalue weighted by atomic mass is 9.91. The summed E-state index contributed by atoms with van der Waals surface area (Å²) in [5.41, 5.74) is 2.36. The lowest BCUT2D eigenvalue weighted by Crippen LogP contribution is -2.36. The highest BCUT2D eigenvalue weighted by Gasteiger charge is 2.38. The minimum atomic E-state index is -0.343. The first-order valence-corrected chi connectivity index (χ1v) is 8.81. The fraction of sp³-hybridized carbons (Fsp3) is 0.526. The quantitative estimate of drug-likeness (QED) is 0.841. The Morgan fingerprint density at radius 1 is 1.36 bits per heavy atom. The van der Waals surface area contributed by atoms with Gasteiger partial charge in [-0.15, -0.1) is 0 Å². The van der Waals surface area contributed by atoms with Crippen molar-refractivity contribution in [3.05, 3.63) is 41.0 Å². The van der Waals surface area contributed by atoms with Crippen LogP contribution in [0.15, 0.2) is 22.9 Å². The summed E-state index contributed by atoms with van der Waals surface area (Å²) >= 11 is 0. The Morgan fingerprint density at radius 3 is 2.68 bits per heavy atom. The average molecular weight is 343 g/mol. The maximum absolute atomic E-state index is 13.3. The molecule has 2 aromatic rings. The number of carbonyl (C=O) groups excluding carboxylic acids is 2. The Balaban J connectivity index is 1.87. The van der Waals surface area contributed by atoms with E-state index in [1.807, 2.05) is 37.8 Å². The SMILES string of the molecule is CC(=O)c1c[nH]c(C2CCCN2C(=O)C(c2cc(C)no2)C(C)C)c1. The van der Waals surface area contributed by atoms with Gasteiger partial charge < -0.3 is 14.4 Å². The standard InChI is InChI=1S/C19H25N3O3/c1-11(2)18(17-8-12(3)21-25-17)19(24)22-7-5-6-16(22)15-9-14(10-20-15)13(4)23/h8-11,16,18,20H,5-7H2,1-4H3. The van der Waals surface area contributed by atoms with Gasteiger partial charge in [-0.1, -0.05) is 19.0 Å². The van der Waals surface area contributed by atoms with E-state index in [0.717, 1.165) is 24.2 Å². The maximum atomic E-state index is 13.3. The molecule has 6 heteroatoms. The van der Waals surface area contributed by atoms with E-state index in [1.165, 1.54) is 0 Å². The second-order valence-corrected chi connectivity index (χ2v) is 7.18. The molecule has 3 heterocycles. The van der Waals surface area contributed by atoms with Crippen molar-refractivity contribution in [2.75, 3.05) is 6.54 Å². The smallest absolute Gasteiger partial charge is 0.234 e. The van der Waals surface area contributed by atoms with Crippen LogP contribution in [0.1, 0.15) is 73.1 Å². The first-order valence-electron chi connectivity index (χ1n) is 8.81. The molecule has 6 nitrogen and oxygen atoms in total. The van der Waals surface area contributed by atoms with E-state index >= 15 is 0 Å². The van der Waals surface area contributed by atoms with Crippen LogP contribution in [0.4, 0.5) is 0 Å². The summed E-state index contributed by atoms with van der Waals surface area (Å²) in [6.45, 7) is 8.16. The fourth-order valence-electron chi connectivity index (χ4n) is 3.61. The van der Waals surface area contributed by atoms with Crippen molar-refractivity contribution < 1.29 is 14.1 Å². The summed E-state index contributed by atoms with van der Waals surface area (Å²) < 4.78 is 5.40. The predicted octanol–water partition coefficient (Wildman–Crippen LogP) is 3.62. The molecule has 2 atom stereocenters. The number of nitrogens with one attached hydrogen (secondary N) is 1. The number of aryl methyl sites for hydroxylation is 1. The minimum absolute atomic E-state index is 0.0223. The van der Waals surface area contributed by atoms with Crippen LogP contribution in [0, 0.1) is 12.8 Å². The van der Waals surface area contributed by atoms with Gasteiger partial charge in [0.25, 0.3) is 0 Å². The van der Waals surface area contributed by atoms with Crippen molar-refractivity contribution in [1.82, 2.24) is 15.0 Å². The summed E-state index contributed by atoms with van der Waals surface area (Å²) in [4.78, 5) is 29.9. The zero-order valence-electron chi connectivity index (χ0n) is 15.2. The zero-order chi connectivity index (χ0) is 18.1. The van der Waals surface area contributed by atoms with Crippen molar-refractivity contribution in [1.29, 1.82) is 0 Å². The molecule has 1 aliphatic rings. The van der Waals surface area contributed by atoms with Crippen molar-refractivity contribution >= 4 is 11.7 Å². The lowest BCUT2D eigenvalue weighted by molar-refractivity contribution is -0.135. The van der Waals surface area contributed by atoms with E-state index in [9.17, 15) is 9.59 Å². The van der Waals surface area contributed by atoms with Crippen molar-refractivity contribution in [3.63, 3.8) is 0 Å². The Labute approximate surface area is 147 Å². The summed E-state index contributed by atoms with van der Waals surface area (Å²) in [6.07, 6.45) is 3.56. The topological polar surface area (TPSA) is 79.2 Å². The summed E-state index contributed by atoms with van der Waals surface area (Å²) in [6, 6.07) is 3.68. The number of aromatic amines is 1. The third-order valence-electron chi connectivity index (χ3n) is 4.89. The van der Waals surface area contributed by atoms with E-state index in [4.69, 9.17) is 4.52 Å². The predicted molar refractivity (Wildman–Crippen MR) is 93.3 cm³/mol. The van der Waals surface area contributed by atoms with Crippen LogP contribution >= 0.6 is 0 Å². The molecule has 134 valence electrons. The number of amides is 1. The third kappa shape index (κ3) is 3.38. The molecule has 0 spiro atoms. The van der Waals surface area contributed by atoms with Gasteiger partial charge in [-0.3, -0.25) is 9.59 Å². The summed E-state index contributed by atoms with van der Waals surface area (Å²) in [7, 11) is 0. The van der Waals surface area contributed by atoms with Crippen LogP contribution < -0.4 is 0 Å². The molecule has 1 aliphatic heterocycles. The highest BCUT2D eigenvalue weighted by molar-refractivity contribution is 5.94. The molecular formula is C19H25N3O3. The highest BCUT2D eigenvalue weighted by atomic mass is 16.5. The van der Waals surface area contributed by atoms with E-state index in [-0.39, 0.29) is 29.6 Å². The van der Waals surface area contributed by atoms with Gasteiger partial charge >= 0.3 is 0 Å². The Morgan fingerprint density at radius 2 is 2.12 bits per heavy atom. The molecule has 0 aliphatic carbocycles. The molecule has 25 heavy (non-hydrogen) atoms. The van der Waals surface area contributed by atoms with E-state index in [1.54, 1.807) is 13.1 Å². The van der Waals surface area contributed by atoms with Gasteiger partial charge in [0.05, 0.1) is 11.7 Å². The molecular weight excluding hydrogens is 318 g/mol. The first-order chi connectivity index (χ1) is 11.9. The molecule has 0 saturated carbocycles. The molecule has 2 unspecified atom stereocenters. The molecule has 3 rings (SSSR count). The largest absolute Gasteiger partial charge is 0.363 e. The van der Waals surface area contributed by atoms with E-state index < -0.39 is 0 Å².